The van der Waals surface area contributed by atoms with Crippen molar-refractivity contribution in [3.05, 3.63) is 43.8 Å². The first-order valence-electron chi connectivity index (χ1n) is 5.94. The normalized spacial score (nSPS) is 14.8. The van der Waals surface area contributed by atoms with Crippen molar-refractivity contribution >= 4 is 22.7 Å². The molecule has 0 aromatic carbocycles. The minimum absolute atomic E-state index is 0.421. The summed E-state index contributed by atoms with van der Waals surface area (Å²) >= 11 is 3.72. The molecular weight excluding hydrogens is 246 g/mol. The highest BCUT2D eigenvalue weighted by atomic mass is 32.1. The third-order valence-corrected chi connectivity index (χ3v) is 5.37. The number of hydrogen-bond donors (Lipinski definition) is 1. The van der Waals surface area contributed by atoms with Crippen molar-refractivity contribution in [2.75, 3.05) is 0 Å². The van der Waals surface area contributed by atoms with Crippen LogP contribution in [0.25, 0.3) is 0 Å². The van der Waals surface area contributed by atoms with Crippen LogP contribution >= 0.6 is 22.7 Å². The van der Waals surface area contributed by atoms with Crippen LogP contribution < -0.4 is 5.32 Å². The maximum Gasteiger partial charge on any atom is 0.0394 e. The molecule has 2 heterocycles. The first kappa shape index (κ1) is 12.8. The van der Waals surface area contributed by atoms with E-state index < -0.39 is 0 Å². The van der Waals surface area contributed by atoms with E-state index in [-0.39, 0.29) is 0 Å². The smallest absolute Gasteiger partial charge is 0.0394 e. The van der Waals surface area contributed by atoms with Crippen LogP contribution in [0.2, 0.25) is 0 Å². The summed E-state index contributed by atoms with van der Waals surface area (Å²) in [5, 5.41) is 5.84. The highest BCUT2D eigenvalue weighted by Crippen LogP contribution is 2.28. The van der Waals surface area contributed by atoms with Crippen LogP contribution in [0.5, 0.6) is 0 Å². The molecule has 0 amide bonds. The van der Waals surface area contributed by atoms with Gasteiger partial charge in [-0.05, 0) is 56.8 Å². The molecule has 0 aliphatic rings. The molecule has 0 radical (unpaired) electrons. The number of hydrogen-bond acceptors (Lipinski definition) is 3. The van der Waals surface area contributed by atoms with E-state index >= 15 is 0 Å². The van der Waals surface area contributed by atoms with Gasteiger partial charge >= 0.3 is 0 Å². The van der Waals surface area contributed by atoms with E-state index in [2.05, 4.69) is 56.6 Å². The summed E-state index contributed by atoms with van der Waals surface area (Å²) in [6.07, 6.45) is 0. The largest absolute Gasteiger partial charge is 0.302 e. The Labute approximate surface area is 112 Å². The average Bonchev–Trinajstić information content (AvgIpc) is 2.86. The zero-order valence-electron chi connectivity index (χ0n) is 10.8. The number of rotatable bonds is 4. The Morgan fingerprint density at radius 1 is 1.06 bits per heavy atom. The summed E-state index contributed by atoms with van der Waals surface area (Å²) in [6.45, 7) is 8.83. The first-order chi connectivity index (χ1) is 8.08. The molecule has 2 atom stereocenters. The van der Waals surface area contributed by atoms with E-state index in [1.165, 1.54) is 20.2 Å². The van der Waals surface area contributed by atoms with Crippen molar-refractivity contribution < 1.29 is 0 Å². The molecule has 17 heavy (non-hydrogen) atoms. The lowest BCUT2D eigenvalue weighted by Gasteiger charge is -2.19. The standard InChI is InChI=1S/C14H19NS2/c1-9-7-8-16-14(9)12(4)15-11(3)13-6-5-10(2)17-13/h5-8,11-12,15H,1-4H3. The molecule has 0 bridgehead atoms. The molecule has 1 nitrogen and oxygen atoms in total. The molecule has 2 rings (SSSR count). The zero-order chi connectivity index (χ0) is 12.4. The molecular formula is C14H19NS2. The maximum absolute atomic E-state index is 3.67. The van der Waals surface area contributed by atoms with Crippen molar-refractivity contribution in [2.45, 2.75) is 39.8 Å². The molecule has 92 valence electrons. The molecule has 1 N–H and O–H groups in total. The van der Waals surface area contributed by atoms with Gasteiger partial charge in [-0.3, -0.25) is 0 Å². The SMILES string of the molecule is Cc1ccc(C(C)NC(C)c2sccc2C)s1. The van der Waals surface area contributed by atoms with Crippen LogP contribution in [0.4, 0.5) is 0 Å². The van der Waals surface area contributed by atoms with Gasteiger partial charge in [0.15, 0.2) is 0 Å². The quantitative estimate of drug-likeness (QED) is 0.834. The van der Waals surface area contributed by atoms with Gasteiger partial charge in [-0.15, -0.1) is 22.7 Å². The molecule has 0 aliphatic heterocycles. The van der Waals surface area contributed by atoms with Crippen LogP contribution in [0, 0.1) is 13.8 Å². The third kappa shape index (κ3) is 2.97. The maximum atomic E-state index is 3.67. The molecule has 0 saturated carbocycles. The molecule has 3 heteroatoms. The minimum atomic E-state index is 0.421. The van der Waals surface area contributed by atoms with Crippen molar-refractivity contribution in [3.8, 4) is 0 Å². The van der Waals surface area contributed by atoms with Crippen molar-refractivity contribution in [1.29, 1.82) is 0 Å². The van der Waals surface area contributed by atoms with Gasteiger partial charge in [0.05, 0.1) is 0 Å². The summed E-state index contributed by atoms with van der Waals surface area (Å²) in [6, 6.07) is 7.46. The Morgan fingerprint density at radius 2 is 1.82 bits per heavy atom. The second kappa shape index (κ2) is 5.34. The van der Waals surface area contributed by atoms with Crippen LogP contribution in [0.3, 0.4) is 0 Å². The number of aryl methyl sites for hydroxylation is 2. The van der Waals surface area contributed by atoms with E-state index in [1.807, 2.05) is 22.7 Å². The molecule has 0 spiro atoms. The zero-order valence-corrected chi connectivity index (χ0v) is 12.4. The van der Waals surface area contributed by atoms with E-state index in [1.54, 1.807) is 0 Å². The second-order valence-corrected chi connectivity index (χ2v) is 6.79. The van der Waals surface area contributed by atoms with Crippen LogP contribution in [-0.4, -0.2) is 0 Å². The lowest BCUT2D eigenvalue weighted by molar-refractivity contribution is 0.504. The topological polar surface area (TPSA) is 12.0 Å². The minimum Gasteiger partial charge on any atom is -0.302 e. The molecule has 2 unspecified atom stereocenters. The fraction of sp³-hybridized carbons (Fsp3) is 0.429. The predicted octanol–water partition coefficient (Wildman–Crippen LogP) is 4.84. The Kier molecular flexibility index (Phi) is 4.02. The molecule has 0 fully saturated rings. The van der Waals surface area contributed by atoms with Gasteiger partial charge in [0.1, 0.15) is 0 Å². The predicted molar refractivity (Wildman–Crippen MR) is 78.1 cm³/mol. The summed E-state index contributed by atoms with van der Waals surface area (Å²) < 4.78 is 0. The van der Waals surface area contributed by atoms with Gasteiger partial charge in [0, 0.05) is 26.7 Å². The molecule has 2 aromatic rings. The van der Waals surface area contributed by atoms with Gasteiger partial charge in [-0.1, -0.05) is 0 Å². The fourth-order valence-electron chi connectivity index (χ4n) is 2.05. The van der Waals surface area contributed by atoms with Crippen LogP contribution in [0.1, 0.15) is 46.1 Å². The van der Waals surface area contributed by atoms with Gasteiger partial charge in [0.2, 0.25) is 0 Å². The van der Waals surface area contributed by atoms with Gasteiger partial charge in [-0.25, -0.2) is 0 Å². The lowest BCUT2D eigenvalue weighted by atomic mass is 10.1. The van der Waals surface area contributed by atoms with Crippen molar-refractivity contribution in [2.24, 2.45) is 0 Å². The molecule has 0 aliphatic carbocycles. The van der Waals surface area contributed by atoms with Gasteiger partial charge < -0.3 is 5.32 Å². The van der Waals surface area contributed by atoms with E-state index in [4.69, 9.17) is 0 Å². The Morgan fingerprint density at radius 3 is 2.35 bits per heavy atom. The average molecular weight is 265 g/mol. The monoisotopic (exact) mass is 265 g/mol. The number of thiophene rings is 2. The first-order valence-corrected chi connectivity index (χ1v) is 7.64. The number of nitrogens with one attached hydrogen (secondary N) is 1. The summed E-state index contributed by atoms with van der Waals surface area (Å²) in [7, 11) is 0. The van der Waals surface area contributed by atoms with E-state index in [0.29, 0.717) is 12.1 Å². The van der Waals surface area contributed by atoms with Gasteiger partial charge in [-0.2, -0.15) is 0 Å². The molecule has 0 saturated heterocycles. The Hall–Kier alpha value is -0.640. The van der Waals surface area contributed by atoms with E-state index in [0.717, 1.165) is 0 Å². The van der Waals surface area contributed by atoms with Gasteiger partial charge in [0.25, 0.3) is 0 Å². The Bertz CT molecular complexity index is 484. The molecule has 2 aromatic heterocycles. The summed E-state index contributed by atoms with van der Waals surface area (Å²) in [4.78, 5) is 4.25. The third-order valence-electron chi connectivity index (χ3n) is 2.98. The fourth-order valence-corrected chi connectivity index (χ4v) is 3.88. The highest BCUT2D eigenvalue weighted by Gasteiger charge is 2.14. The van der Waals surface area contributed by atoms with Crippen molar-refractivity contribution in [3.63, 3.8) is 0 Å². The van der Waals surface area contributed by atoms with Crippen LogP contribution in [-0.2, 0) is 0 Å². The summed E-state index contributed by atoms with van der Waals surface area (Å²) in [5.41, 5.74) is 1.39. The van der Waals surface area contributed by atoms with Crippen molar-refractivity contribution in [1.82, 2.24) is 5.32 Å². The summed E-state index contributed by atoms with van der Waals surface area (Å²) in [5.74, 6) is 0. The highest BCUT2D eigenvalue weighted by molar-refractivity contribution is 7.12. The lowest BCUT2D eigenvalue weighted by Crippen LogP contribution is -2.21. The van der Waals surface area contributed by atoms with E-state index in [9.17, 15) is 0 Å². The second-order valence-electron chi connectivity index (χ2n) is 4.53. The van der Waals surface area contributed by atoms with Crippen LogP contribution in [0.15, 0.2) is 23.6 Å². The Balaban J connectivity index is 2.04.